The van der Waals surface area contributed by atoms with Gasteiger partial charge in [0.2, 0.25) is 0 Å². The van der Waals surface area contributed by atoms with Gasteiger partial charge < -0.3 is 14.2 Å². The Balaban J connectivity index is 1.71. The third-order valence-electron chi connectivity index (χ3n) is 3.23. The van der Waals surface area contributed by atoms with Gasteiger partial charge in [0.25, 0.3) is 6.29 Å². The smallest absolute Gasteiger partial charge is 0.338 e. The van der Waals surface area contributed by atoms with Gasteiger partial charge in [-0.3, -0.25) is 0 Å². The van der Waals surface area contributed by atoms with Gasteiger partial charge in [-0.25, -0.2) is 9.59 Å². The molecular formula is C13H12O5. The van der Waals surface area contributed by atoms with E-state index in [0.29, 0.717) is 11.1 Å². The van der Waals surface area contributed by atoms with Crippen LogP contribution in [0.4, 0.5) is 0 Å². The zero-order valence-corrected chi connectivity index (χ0v) is 9.79. The molecule has 1 aliphatic carbocycles. The molecule has 0 saturated carbocycles. The van der Waals surface area contributed by atoms with Crippen LogP contribution >= 0.6 is 0 Å². The summed E-state index contributed by atoms with van der Waals surface area (Å²) in [6, 6.07) is 0. The molecule has 94 valence electrons. The number of cyclic esters (lactones) is 1. The standard InChI is InChI=1S/C13H12O5/c1-7-5-11(18-12(7)14)16-6-9-8-3-2-4-10(8)17-13(9)15/h2-3,5-6,8,10-11H,4H2,1H3/b9-6-. The highest BCUT2D eigenvalue weighted by atomic mass is 16.7. The van der Waals surface area contributed by atoms with Crippen molar-refractivity contribution < 1.29 is 23.8 Å². The van der Waals surface area contributed by atoms with Gasteiger partial charge in [-0.05, 0) is 6.92 Å². The van der Waals surface area contributed by atoms with Gasteiger partial charge in [0.15, 0.2) is 0 Å². The first-order chi connectivity index (χ1) is 8.65. The highest BCUT2D eigenvalue weighted by Gasteiger charge is 2.40. The maximum atomic E-state index is 11.6. The van der Waals surface area contributed by atoms with Crippen LogP contribution in [0.15, 0.2) is 35.6 Å². The third kappa shape index (κ3) is 1.72. The molecule has 0 aromatic carbocycles. The van der Waals surface area contributed by atoms with Gasteiger partial charge in [-0.15, -0.1) is 0 Å². The molecular weight excluding hydrogens is 236 g/mol. The Morgan fingerprint density at radius 3 is 2.89 bits per heavy atom. The first-order valence-corrected chi connectivity index (χ1v) is 5.78. The second kappa shape index (κ2) is 4.01. The average Bonchev–Trinajstić information content (AvgIpc) is 2.94. The van der Waals surface area contributed by atoms with Crippen LogP contribution in [0.1, 0.15) is 13.3 Å². The molecule has 1 fully saturated rings. The van der Waals surface area contributed by atoms with E-state index in [4.69, 9.17) is 14.2 Å². The van der Waals surface area contributed by atoms with E-state index in [1.54, 1.807) is 13.0 Å². The molecule has 2 aliphatic heterocycles. The number of esters is 2. The highest BCUT2D eigenvalue weighted by Crippen LogP contribution is 2.35. The van der Waals surface area contributed by atoms with E-state index in [0.717, 1.165) is 6.42 Å². The molecule has 0 amide bonds. The fourth-order valence-corrected chi connectivity index (χ4v) is 2.24. The molecule has 1 saturated heterocycles. The van der Waals surface area contributed by atoms with Crippen LogP contribution in [0.5, 0.6) is 0 Å². The van der Waals surface area contributed by atoms with E-state index in [9.17, 15) is 9.59 Å². The van der Waals surface area contributed by atoms with Crippen molar-refractivity contribution in [3.8, 4) is 0 Å². The molecule has 0 aromatic rings. The van der Waals surface area contributed by atoms with Crippen LogP contribution in [0.3, 0.4) is 0 Å². The van der Waals surface area contributed by atoms with Crippen LogP contribution in [-0.4, -0.2) is 24.3 Å². The van der Waals surface area contributed by atoms with Gasteiger partial charge in [0.05, 0.1) is 11.8 Å². The molecule has 5 heteroatoms. The summed E-state index contributed by atoms with van der Waals surface area (Å²) < 4.78 is 15.4. The Labute approximate surface area is 104 Å². The van der Waals surface area contributed by atoms with Crippen LogP contribution < -0.4 is 0 Å². The molecule has 2 heterocycles. The van der Waals surface area contributed by atoms with Crippen LogP contribution in [0.25, 0.3) is 0 Å². The molecule has 0 radical (unpaired) electrons. The molecule has 18 heavy (non-hydrogen) atoms. The van der Waals surface area contributed by atoms with Gasteiger partial charge in [-0.1, -0.05) is 12.2 Å². The molecule has 0 spiro atoms. The summed E-state index contributed by atoms with van der Waals surface area (Å²) in [5.74, 6) is -0.801. The predicted molar refractivity (Wildman–Crippen MR) is 59.9 cm³/mol. The Bertz CT molecular complexity index is 500. The van der Waals surface area contributed by atoms with Gasteiger partial charge in [-0.2, -0.15) is 0 Å². The van der Waals surface area contributed by atoms with E-state index in [2.05, 4.69) is 0 Å². The van der Waals surface area contributed by atoms with Crippen LogP contribution in [-0.2, 0) is 23.8 Å². The topological polar surface area (TPSA) is 61.8 Å². The number of carbonyl (C=O) groups is 2. The second-order valence-electron chi connectivity index (χ2n) is 4.47. The first-order valence-electron chi connectivity index (χ1n) is 5.78. The van der Waals surface area contributed by atoms with Crippen molar-refractivity contribution in [2.45, 2.75) is 25.7 Å². The minimum atomic E-state index is -0.748. The summed E-state index contributed by atoms with van der Waals surface area (Å²) in [5.41, 5.74) is 0.980. The lowest BCUT2D eigenvalue weighted by Crippen LogP contribution is -2.11. The molecule has 3 atom stereocenters. The SMILES string of the molecule is CC1=CC(O/C=C2\C(=O)OC3CC=CC23)OC1=O. The molecule has 0 N–H and O–H groups in total. The number of fused-ring (bicyclic) bond motifs is 1. The fourth-order valence-electron chi connectivity index (χ4n) is 2.24. The number of ether oxygens (including phenoxy) is 3. The Morgan fingerprint density at radius 1 is 1.33 bits per heavy atom. The third-order valence-corrected chi connectivity index (χ3v) is 3.23. The molecule has 3 rings (SSSR count). The quantitative estimate of drug-likeness (QED) is 0.318. The molecule has 3 unspecified atom stereocenters. The van der Waals surface area contributed by atoms with Crippen molar-refractivity contribution >= 4 is 11.9 Å². The van der Waals surface area contributed by atoms with E-state index in [1.165, 1.54) is 6.26 Å². The summed E-state index contributed by atoms with van der Waals surface area (Å²) in [6.07, 6.45) is 6.72. The van der Waals surface area contributed by atoms with Gasteiger partial charge in [0.1, 0.15) is 6.10 Å². The zero-order chi connectivity index (χ0) is 12.7. The maximum Gasteiger partial charge on any atom is 0.338 e. The molecule has 0 bridgehead atoms. The number of hydrogen-bond donors (Lipinski definition) is 0. The lowest BCUT2D eigenvalue weighted by atomic mass is 10.0. The lowest BCUT2D eigenvalue weighted by molar-refractivity contribution is -0.152. The fraction of sp³-hybridized carbons (Fsp3) is 0.385. The monoisotopic (exact) mass is 248 g/mol. The molecule has 5 nitrogen and oxygen atoms in total. The van der Waals surface area contributed by atoms with E-state index in [-0.39, 0.29) is 18.0 Å². The number of carbonyl (C=O) groups excluding carboxylic acids is 2. The zero-order valence-electron chi connectivity index (χ0n) is 9.79. The number of rotatable bonds is 2. The maximum absolute atomic E-state index is 11.6. The van der Waals surface area contributed by atoms with Crippen LogP contribution in [0.2, 0.25) is 0 Å². The van der Waals surface area contributed by atoms with Crippen molar-refractivity contribution in [3.05, 3.63) is 35.6 Å². The second-order valence-corrected chi connectivity index (χ2v) is 4.47. The predicted octanol–water partition coefficient (Wildman–Crippen LogP) is 1.22. The van der Waals surface area contributed by atoms with Crippen molar-refractivity contribution in [2.75, 3.05) is 0 Å². The Morgan fingerprint density at radius 2 is 2.17 bits per heavy atom. The van der Waals surface area contributed by atoms with Crippen molar-refractivity contribution in [2.24, 2.45) is 5.92 Å². The van der Waals surface area contributed by atoms with Gasteiger partial charge in [0, 0.05) is 24.0 Å². The highest BCUT2D eigenvalue weighted by molar-refractivity contribution is 5.92. The lowest BCUT2D eigenvalue weighted by Gasteiger charge is -2.09. The molecule has 0 aromatic heterocycles. The summed E-state index contributed by atoms with van der Waals surface area (Å²) in [5, 5.41) is 0. The van der Waals surface area contributed by atoms with E-state index in [1.807, 2.05) is 12.2 Å². The average molecular weight is 248 g/mol. The molecule has 3 aliphatic rings. The Hall–Kier alpha value is -2.04. The van der Waals surface area contributed by atoms with Crippen molar-refractivity contribution in [1.82, 2.24) is 0 Å². The minimum Gasteiger partial charge on any atom is -0.458 e. The normalized spacial score (nSPS) is 35.5. The number of hydrogen-bond acceptors (Lipinski definition) is 5. The largest absolute Gasteiger partial charge is 0.458 e. The van der Waals surface area contributed by atoms with E-state index < -0.39 is 12.3 Å². The summed E-state index contributed by atoms with van der Waals surface area (Å²) in [4.78, 5) is 22.7. The first kappa shape index (κ1) is 11.1. The van der Waals surface area contributed by atoms with Gasteiger partial charge >= 0.3 is 11.9 Å². The van der Waals surface area contributed by atoms with E-state index >= 15 is 0 Å². The summed E-state index contributed by atoms with van der Waals surface area (Å²) in [7, 11) is 0. The summed E-state index contributed by atoms with van der Waals surface area (Å²) >= 11 is 0. The Kier molecular flexibility index (Phi) is 2.47. The minimum absolute atomic E-state index is 0.0420. The van der Waals surface area contributed by atoms with Crippen LogP contribution in [0, 0.1) is 5.92 Å². The van der Waals surface area contributed by atoms with Crippen molar-refractivity contribution in [3.63, 3.8) is 0 Å². The van der Waals surface area contributed by atoms with Crippen molar-refractivity contribution in [1.29, 1.82) is 0 Å². The summed E-state index contributed by atoms with van der Waals surface area (Å²) in [6.45, 7) is 1.65.